The van der Waals surface area contributed by atoms with Crippen molar-refractivity contribution in [3.05, 3.63) is 70.2 Å². The second-order valence-corrected chi connectivity index (χ2v) is 9.59. The van der Waals surface area contributed by atoms with Crippen molar-refractivity contribution in [2.75, 3.05) is 17.9 Å². The average molecular weight is 506 g/mol. The lowest BCUT2D eigenvalue weighted by atomic mass is 9.99. The van der Waals surface area contributed by atoms with Gasteiger partial charge in [0.2, 0.25) is 0 Å². The Balaban J connectivity index is 1.65. The van der Waals surface area contributed by atoms with E-state index in [0.29, 0.717) is 23.3 Å². The summed E-state index contributed by atoms with van der Waals surface area (Å²) in [6.45, 7) is -0.158. The molecule has 1 fully saturated rings. The second-order valence-electron chi connectivity index (χ2n) is 8.00. The fourth-order valence-corrected chi connectivity index (χ4v) is 5.01. The average Bonchev–Trinajstić information content (AvgIpc) is 3.65. The zero-order valence-electron chi connectivity index (χ0n) is 17.6. The van der Waals surface area contributed by atoms with Crippen molar-refractivity contribution in [3.8, 4) is 22.6 Å². The number of benzene rings is 3. The molecular formula is C24H18ClF2NO5S. The number of halogens is 3. The lowest BCUT2D eigenvalue weighted by Gasteiger charge is -2.16. The third-order valence-electron chi connectivity index (χ3n) is 5.64. The van der Waals surface area contributed by atoms with Crippen molar-refractivity contribution in [2.45, 2.75) is 23.7 Å². The molecular weight excluding hydrogens is 488 g/mol. The van der Waals surface area contributed by atoms with E-state index in [-0.39, 0.29) is 39.9 Å². The van der Waals surface area contributed by atoms with E-state index in [1.54, 1.807) is 12.1 Å². The summed E-state index contributed by atoms with van der Waals surface area (Å²) < 4.78 is 56.0. The van der Waals surface area contributed by atoms with Gasteiger partial charge in [0.15, 0.2) is 16.7 Å². The minimum Gasteiger partial charge on any atom is -0.505 e. The summed E-state index contributed by atoms with van der Waals surface area (Å²) in [6.07, 6.45) is 2.05. The normalized spacial score (nSPS) is 18.0. The van der Waals surface area contributed by atoms with Gasteiger partial charge in [-0.1, -0.05) is 17.7 Å². The molecule has 1 heterocycles. The Morgan fingerprint density at radius 2 is 1.76 bits per heavy atom. The SMILES string of the molecule is O=C1OCCOc2ccc(C3CC3)cc2-c2cc(c(F)cc2F)NS(=O)c2cc1cc(Cl)c2O. The quantitative estimate of drug-likeness (QED) is 0.423. The van der Waals surface area contributed by atoms with E-state index in [1.165, 1.54) is 12.1 Å². The van der Waals surface area contributed by atoms with Crippen LogP contribution >= 0.6 is 11.6 Å². The molecule has 6 nitrogen and oxygen atoms in total. The predicted molar refractivity (Wildman–Crippen MR) is 123 cm³/mol. The van der Waals surface area contributed by atoms with E-state index in [1.807, 2.05) is 6.07 Å². The van der Waals surface area contributed by atoms with Gasteiger partial charge >= 0.3 is 5.97 Å². The summed E-state index contributed by atoms with van der Waals surface area (Å²) >= 11 is 6.00. The Morgan fingerprint density at radius 3 is 2.53 bits per heavy atom. The number of anilines is 1. The molecule has 0 radical (unpaired) electrons. The highest BCUT2D eigenvalue weighted by atomic mass is 35.5. The lowest BCUT2D eigenvalue weighted by molar-refractivity contribution is 0.0450. The van der Waals surface area contributed by atoms with Crippen molar-refractivity contribution in [1.29, 1.82) is 0 Å². The monoisotopic (exact) mass is 505 g/mol. The van der Waals surface area contributed by atoms with Gasteiger partial charge in [-0.25, -0.2) is 17.8 Å². The minimum atomic E-state index is -2.25. The summed E-state index contributed by atoms with van der Waals surface area (Å²) in [7, 11) is -2.25. The maximum Gasteiger partial charge on any atom is 0.338 e. The molecule has 4 bridgehead atoms. The summed E-state index contributed by atoms with van der Waals surface area (Å²) in [5, 5.41) is 10.0. The molecule has 176 valence electrons. The number of carbonyl (C=O) groups is 1. The van der Waals surface area contributed by atoms with E-state index in [2.05, 4.69) is 4.72 Å². The van der Waals surface area contributed by atoms with Gasteiger partial charge in [-0.2, -0.15) is 0 Å². The molecule has 34 heavy (non-hydrogen) atoms. The molecule has 0 saturated heterocycles. The number of ether oxygens (including phenoxy) is 2. The lowest BCUT2D eigenvalue weighted by Crippen LogP contribution is -2.13. The van der Waals surface area contributed by atoms with Crippen LogP contribution in [0, 0.1) is 11.6 Å². The molecule has 1 aliphatic heterocycles. The molecule has 1 unspecified atom stereocenters. The largest absolute Gasteiger partial charge is 0.505 e. The first-order valence-corrected chi connectivity index (χ1v) is 12.0. The van der Waals surface area contributed by atoms with Crippen molar-refractivity contribution >= 4 is 34.2 Å². The first-order valence-electron chi connectivity index (χ1n) is 10.5. The Hall–Kier alpha value is -3.17. The molecule has 0 spiro atoms. The van der Waals surface area contributed by atoms with Crippen LogP contribution in [0.3, 0.4) is 0 Å². The van der Waals surface area contributed by atoms with Crippen LogP contribution in [0.2, 0.25) is 5.02 Å². The number of phenolic OH excluding ortho intramolecular Hbond substituents is 1. The van der Waals surface area contributed by atoms with Crippen molar-refractivity contribution in [1.82, 2.24) is 0 Å². The van der Waals surface area contributed by atoms with Gasteiger partial charge in [-0.15, -0.1) is 0 Å². The second kappa shape index (κ2) is 8.88. The summed E-state index contributed by atoms with van der Waals surface area (Å²) in [6, 6.07) is 9.58. The third-order valence-corrected chi connectivity index (χ3v) is 7.04. The van der Waals surface area contributed by atoms with Crippen molar-refractivity contribution < 1.29 is 32.4 Å². The number of nitrogens with one attached hydrogen (secondary N) is 1. The first-order chi connectivity index (χ1) is 16.3. The molecule has 1 atom stereocenters. The van der Waals surface area contributed by atoms with Crippen LogP contribution in [0.5, 0.6) is 11.5 Å². The minimum absolute atomic E-state index is 0.0277. The number of phenols is 1. The van der Waals surface area contributed by atoms with E-state index >= 15 is 0 Å². The van der Waals surface area contributed by atoms with Gasteiger partial charge < -0.3 is 14.6 Å². The number of cyclic esters (lactones) is 1. The number of carbonyl (C=O) groups excluding carboxylic acids is 1. The van der Waals surface area contributed by atoms with Crippen molar-refractivity contribution in [2.24, 2.45) is 0 Å². The van der Waals surface area contributed by atoms with Crippen LogP contribution in [0.25, 0.3) is 11.1 Å². The number of aromatic hydroxyl groups is 1. The standard InChI is InChI=1S/C24H18ClF2NO5S/c25-17-8-14-9-22(23(17)29)34(31)28-20-10-15(18(26)11-19(20)27)16-7-13(12-1-2-12)3-4-21(16)32-5-6-33-24(14)30/h3-4,7-12,28-29H,1-2,5-6H2. The number of hydrogen-bond donors (Lipinski definition) is 2. The molecule has 3 aromatic rings. The van der Waals surface area contributed by atoms with Crippen LogP contribution in [-0.2, 0) is 15.7 Å². The van der Waals surface area contributed by atoms with Gasteiger partial charge in [0.25, 0.3) is 0 Å². The van der Waals surface area contributed by atoms with Gasteiger partial charge in [0.1, 0.15) is 35.5 Å². The third kappa shape index (κ3) is 4.33. The number of hydrogen-bond acceptors (Lipinski definition) is 5. The molecule has 1 saturated carbocycles. The van der Waals surface area contributed by atoms with E-state index < -0.39 is 34.3 Å². The molecule has 1 aliphatic carbocycles. The van der Waals surface area contributed by atoms with E-state index in [4.69, 9.17) is 21.1 Å². The Bertz CT molecular complexity index is 1350. The highest BCUT2D eigenvalue weighted by molar-refractivity contribution is 7.86. The molecule has 0 aromatic heterocycles. The van der Waals surface area contributed by atoms with E-state index in [0.717, 1.165) is 24.5 Å². The maximum atomic E-state index is 14.9. The highest BCUT2D eigenvalue weighted by Gasteiger charge is 2.26. The fraction of sp³-hybridized carbons (Fsp3) is 0.208. The number of esters is 1. The zero-order chi connectivity index (χ0) is 24.0. The molecule has 10 heteroatoms. The van der Waals surface area contributed by atoms with Gasteiger partial charge in [-0.05, 0) is 54.7 Å². The maximum absolute atomic E-state index is 14.9. The zero-order valence-corrected chi connectivity index (χ0v) is 19.1. The van der Waals surface area contributed by atoms with Gasteiger partial charge in [0.05, 0.1) is 16.3 Å². The first kappa shape index (κ1) is 22.6. The predicted octanol–water partition coefficient (Wildman–Crippen LogP) is 5.55. The highest BCUT2D eigenvalue weighted by Crippen LogP contribution is 2.44. The molecule has 2 aliphatic rings. The smallest absolute Gasteiger partial charge is 0.338 e. The Labute approximate surface area is 201 Å². The summed E-state index contributed by atoms with van der Waals surface area (Å²) in [4.78, 5) is 12.2. The number of rotatable bonds is 1. The molecule has 3 aromatic carbocycles. The molecule has 2 N–H and O–H groups in total. The van der Waals surface area contributed by atoms with Crippen molar-refractivity contribution in [3.63, 3.8) is 0 Å². The van der Waals surface area contributed by atoms with Crippen LogP contribution in [-0.4, -0.2) is 28.5 Å². The van der Waals surface area contributed by atoms with Crippen LogP contribution in [0.15, 0.2) is 47.4 Å². The Kier molecular flexibility index (Phi) is 5.91. The van der Waals surface area contributed by atoms with Crippen LogP contribution < -0.4 is 9.46 Å². The van der Waals surface area contributed by atoms with Gasteiger partial charge in [0, 0.05) is 17.2 Å². The Morgan fingerprint density at radius 1 is 1.00 bits per heavy atom. The summed E-state index contributed by atoms with van der Waals surface area (Å²) in [5.74, 6) is -2.43. The summed E-state index contributed by atoms with van der Waals surface area (Å²) in [5.41, 5.74) is 1.11. The fourth-order valence-electron chi connectivity index (χ4n) is 3.75. The molecule has 0 amide bonds. The number of fused-ring (bicyclic) bond motifs is 6. The molecule has 5 rings (SSSR count). The van der Waals surface area contributed by atoms with Crippen LogP contribution in [0.4, 0.5) is 14.5 Å². The van der Waals surface area contributed by atoms with E-state index in [9.17, 15) is 22.9 Å². The van der Waals surface area contributed by atoms with Crippen LogP contribution in [0.1, 0.15) is 34.7 Å². The van der Waals surface area contributed by atoms with Gasteiger partial charge in [-0.3, -0.25) is 4.72 Å². The topological polar surface area (TPSA) is 84.9 Å².